The van der Waals surface area contributed by atoms with Crippen LogP contribution < -0.4 is 9.64 Å². The van der Waals surface area contributed by atoms with Gasteiger partial charge < -0.3 is 9.64 Å². The van der Waals surface area contributed by atoms with Crippen LogP contribution in [0.1, 0.15) is 28.2 Å². The third-order valence-electron chi connectivity index (χ3n) is 6.90. The molecule has 3 heteroatoms. The third kappa shape index (κ3) is 3.66. The predicted octanol–water partition coefficient (Wildman–Crippen LogP) is 7.34. The summed E-state index contributed by atoms with van der Waals surface area (Å²) in [5.74, 6) is 0.267. The van der Waals surface area contributed by atoms with Gasteiger partial charge >= 0.3 is 5.97 Å². The third-order valence-corrected chi connectivity index (χ3v) is 6.90. The number of nitrogens with zero attached hydrogens (tertiary/aromatic N) is 1. The van der Waals surface area contributed by atoms with Crippen LogP contribution in [-0.4, -0.2) is 5.97 Å². The van der Waals surface area contributed by atoms with Crippen molar-refractivity contribution >= 4 is 23.4 Å². The summed E-state index contributed by atoms with van der Waals surface area (Å²) < 4.78 is 5.31. The van der Waals surface area contributed by atoms with Crippen LogP contribution in [0.25, 0.3) is 6.08 Å². The normalized spacial score (nSPS) is 16.9. The molecule has 0 saturated carbocycles. The highest BCUT2D eigenvalue weighted by Crippen LogP contribution is 2.50. The molecule has 0 N–H and O–H groups in total. The largest absolute Gasteiger partial charge is 0.423 e. The Bertz CT molecular complexity index is 1470. The lowest BCUT2D eigenvalue weighted by atomic mass is 9.70. The number of hydrogen-bond donors (Lipinski definition) is 0. The van der Waals surface area contributed by atoms with E-state index in [2.05, 4.69) is 91.2 Å². The summed E-state index contributed by atoms with van der Waals surface area (Å²) in [6.07, 6.45) is 13.4. The van der Waals surface area contributed by atoms with Gasteiger partial charge in [-0.3, -0.25) is 0 Å². The molecule has 1 unspecified atom stereocenters. The highest BCUT2D eigenvalue weighted by Gasteiger charge is 2.35. The summed E-state index contributed by atoms with van der Waals surface area (Å²) >= 11 is 0. The van der Waals surface area contributed by atoms with Crippen molar-refractivity contribution in [3.8, 4) is 5.75 Å². The molecule has 6 rings (SSSR count). The monoisotopic (exact) mass is 455 g/mol. The molecule has 170 valence electrons. The molecule has 3 aromatic carbocycles. The Hall–Kier alpha value is -4.37. The van der Waals surface area contributed by atoms with Crippen molar-refractivity contribution in [3.05, 3.63) is 143 Å². The number of rotatable bonds is 5. The van der Waals surface area contributed by atoms with Crippen molar-refractivity contribution in [2.75, 3.05) is 4.90 Å². The average molecular weight is 456 g/mol. The van der Waals surface area contributed by atoms with Crippen LogP contribution in [0.2, 0.25) is 0 Å². The van der Waals surface area contributed by atoms with Gasteiger partial charge in [0.1, 0.15) is 5.75 Å². The second-order valence-corrected chi connectivity index (χ2v) is 9.06. The average Bonchev–Trinajstić information content (AvgIpc) is 2.90. The number of allylic oxidation sites excluding steroid dienone is 6. The molecule has 0 spiro atoms. The maximum absolute atomic E-state index is 11.6. The van der Waals surface area contributed by atoms with E-state index in [1.807, 2.05) is 24.3 Å². The number of ether oxygens (including phenoxy) is 1. The van der Waals surface area contributed by atoms with E-state index in [4.69, 9.17) is 4.74 Å². The van der Waals surface area contributed by atoms with Crippen LogP contribution >= 0.6 is 0 Å². The summed E-state index contributed by atoms with van der Waals surface area (Å²) in [6, 6.07) is 22.9. The SMILES string of the molecule is C=CC(=O)Oc1ccc(N(C2=CC=C3C=Cc4cccc5c4C3C2=CC5)c2ccc(C)cc2)cc1. The Balaban J connectivity index is 1.47. The van der Waals surface area contributed by atoms with Crippen LogP contribution in [0.5, 0.6) is 5.75 Å². The van der Waals surface area contributed by atoms with E-state index < -0.39 is 5.97 Å². The highest BCUT2D eigenvalue weighted by molar-refractivity contribution is 5.84. The quantitative estimate of drug-likeness (QED) is 0.229. The van der Waals surface area contributed by atoms with Crippen LogP contribution in [0.15, 0.2) is 121 Å². The molecule has 3 aliphatic rings. The molecular formula is C32H25NO2. The summed E-state index contributed by atoms with van der Waals surface area (Å²) in [4.78, 5) is 13.9. The first kappa shape index (κ1) is 21.2. The number of hydrogen-bond acceptors (Lipinski definition) is 3. The fourth-order valence-electron chi connectivity index (χ4n) is 5.25. The van der Waals surface area contributed by atoms with E-state index in [1.165, 1.54) is 39.5 Å². The van der Waals surface area contributed by atoms with E-state index in [1.54, 1.807) is 0 Å². The smallest absolute Gasteiger partial charge is 0.335 e. The minimum atomic E-state index is -0.465. The molecule has 0 bridgehead atoms. The first-order valence-electron chi connectivity index (χ1n) is 11.9. The minimum Gasteiger partial charge on any atom is -0.423 e. The minimum absolute atomic E-state index is 0.237. The molecule has 1 atom stereocenters. The fourth-order valence-corrected chi connectivity index (χ4v) is 5.25. The number of benzene rings is 3. The van der Waals surface area contributed by atoms with Crippen LogP contribution in [0, 0.1) is 6.92 Å². The Kier molecular flexibility index (Phi) is 5.11. The lowest BCUT2D eigenvalue weighted by Crippen LogP contribution is -2.27. The molecule has 0 amide bonds. The predicted molar refractivity (Wildman–Crippen MR) is 142 cm³/mol. The fraction of sp³-hybridized carbons (Fsp3) is 0.0938. The van der Waals surface area contributed by atoms with Gasteiger partial charge in [0.25, 0.3) is 0 Å². The van der Waals surface area contributed by atoms with Crippen molar-refractivity contribution < 1.29 is 9.53 Å². The van der Waals surface area contributed by atoms with Gasteiger partial charge in [0, 0.05) is 29.1 Å². The van der Waals surface area contributed by atoms with E-state index in [0.29, 0.717) is 5.75 Å². The molecule has 0 aromatic heterocycles. The van der Waals surface area contributed by atoms with Gasteiger partial charge in [0.05, 0.1) is 0 Å². The topological polar surface area (TPSA) is 29.5 Å². The van der Waals surface area contributed by atoms with Crippen molar-refractivity contribution in [2.45, 2.75) is 19.3 Å². The Morgan fingerprint density at radius 2 is 1.71 bits per heavy atom. The van der Waals surface area contributed by atoms with Gasteiger partial charge in [-0.2, -0.15) is 0 Å². The van der Waals surface area contributed by atoms with E-state index in [9.17, 15) is 4.79 Å². The standard InChI is InChI=1S/C32H25NO2/c1-3-30(34)35-27-17-15-26(16-18-27)33(25-13-7-21(2)8-14-25)29-20-12-24-10-9-22-5-4-6-23-11-19-28(29)32(24)31(22)23/h3-10,12-20,32H,1,11H2,2H3. The summed E-state index contributed by atoms with van der Waals surface area (Å²) in [6.45, 7) is 5.57. The molecule has 0 radical (unpaired) electrons. The van der Waals surface area contributed by atoms with Crippen molar-refractivity contribution in [2.24, 2.45) is 0 Å². The second-order valence-electron chi connectivity index (χ2n) is 9.06. The first-order chi connectivity index (χ1) is 17.1. The lowest BCUT2D eigenvalue weighted by molar-refractivity contribution is -0.128. The molecular weight excluding hydrogens is 430 g/mol. The molecule has 0 aliphatic heterocycles. The van der Waals surface area contributed by atoms with E-state index >= 15 is 0 Å². The van der Waals surface area contributed by atoms with Crippen molar-refractivity contribution in [1.29, 1.82) is 0 Å². The van der Waals surface area contributed by atoms with E-state index in [0.717, 1.165) is 23.5 Å². The molecule has 0 heterocycles. The van der Waals surface area contributed by atoms with Crippen LogP contribution in [0.4, 0.5) is 11.4 Å². The number of carbonyl (C=O) groups is 1. The highest BCUT2D eigenvalue weighted by atomic mass is 16.5. The zero-order chi connectivity index (χ0) is 23.9. The van der Waals surface area contributed by atoms with Gasteiger partial charge in [-0.1, -0.05) is 66.8 Å². The lowest BCUT2D eigenvalue weighted by Gasteiger charge is -2.39. The first-order valence-corrected chi connectivity index (χ1v) is 11.9. The number of aryl methyl sites for hydroxylation is 1. The van der Waals surface area contributed by atoms with Gasteiger partial charge in [0.15, 0.2) is 0 Å². The summed E-state index contributed by atoms with van der Waals surface area (Å²) in [5.41, 5.74) is 11.3. The summed E-state index contributed by atoms with van der Waals surface area (Å²) in [5, 5.41) is 0. The molecule has 3 aliphatic carbocycles. The molecule has 0 saturated heterocycles. The second kappa shape index (κ2) is 8.44. The van der Waals surface area contributed by atoms with Crippen molar-refractivity contribution in [1.82, 2.24) is 0 Å². The molecule has 0 fully saturated rings. The van der Waals surface area contributed by atoms with E-state index in [-0.39, 0.29) is 5.92 Å². The summed E-state index contributed by atoms with van der Waals surface area (Å²) in [7, 11) is 0. The van der Waals surface area contributed by atoms with Gasteiger partial charge in [0.2, 0.25) is 0 Å². The molecule has 3 aromatic rings. The Labute approximate surface area is 205 Å². The maximum atomic E-state index is 11.6. The Morgan fingerprint density at radius 1 is 0.971 bits per heavy atom. The Morgan fingerprint density at radius 3 is 2.46 bits per heavy atom. The molecule has 35 heavy (non-hydrogen) atoms. The number of anilines is 2. The number of esters is 1. The van der Waals surface area contributed by atoms with Gasteiger partial charge in [-0.05, 0) is 83.7 Å². The van der Waals surface area contributed by atoms with Crippen molar-refractivity contribution in [3.63, 3.8) is 0 Å². The zero-order valence-corrected chi connectivity index (χ0v) is 19.6. The number of carbonyl (C=O) groups excluding carboxylic acids is 1. The maximum Gasteiger partial charge on any atom is 0.335 e. The molecule has 3 nitrogen and oxygen atoms in total. The van der Waals surface area contributed by atoms with Gasteiger partial charge in [-0.25, -0.2) is 4.79 Å². The van der Waals surface area contributed by atoms with Crippen LogP contribution in [0.3, 0.4) is 0 Å². The van der Waals surface area contributed by atoms with Gasteiger partial charge in [-0.15, -0.1) is 0 Å². The zero-order valence-electron chi connectivity index (χ0n) is 19.6. The van der Waals surface area contributed by atoms with Crippen LogP contribution in [-0.2, 0) is 11.2 Å².